The molecule has 0 saturated carbocycles. The third-order valence-electron chi connectivity index (χ3n) is 4.42. The van der Waals surface area contributed by atoms with Gasteiger partial charge in [0.05, 0.1) is 4.34 Å². The van der Waals surface area contributed by atoms with Crippen molar-refractivity contribution in [2.75, 3.05) is 19.6 Å². The topological polar surface area (TPSA) is 3.24 Å². The largest absolute Gasteiger partial charge is 0.303 e. The van der Waals surface area contributed by atoms with Gasteiger partial charge in [-0.05, 0) is 68.6 Å². The van der Waals surface area contributed by atoms with Gasteiger partial charge in [-0.1, -0.05) is 42.3 Å². The van der Waals surface area contributed by atoms with Gasteiger partial charge < -0.3 is 4.90 Å². The van der Waals surface area contributed by atoms with Crippen LogP contribution >= 0.6 is 22.9 Å². The van der Waals surface area contributed by atoms with E-state index >= 15 is 0 Å². The monoisotopic (exact) mass is 333 g/mol. The van der Waals surface area contributed by atoms with Crippen LogP contribution in [0.25, 0.3) is 0 Å². The van der Waals surface area contributed by atoms with E-state index in [1.807, 2.05) is 6.07 Å². The first kappa shape index (κ1) is 16.0. The van der Waals surface area contributed by atoms with Crippen molar-refractivity contribution in [2.45, 2.75) is 38.5 Å². The fourth-order valence-electron chi connectivity index (χ4n) is 3.16. The zero-order valence-electron chi connectivity index (χ0n) is 13.1. The summed E-state index contributed by atoms with van der Waals surface area (Å²) in [6.07, 6.45) is 7.67. The molecule has 1 aliphatic rings. The molecule has 1 aromatic carbocycles. The van der Waals surface area contributed by atoms with Crippen LogP contribution in [0.15, 0.2) is 36.4 Å². The number of rotatable bonds is 6. The van der Waals surface area contributed by atoms with Gasteiger partial charge in [-0.2, -0.15) is 0 Å². The quantitative estimate of drug-likeness (QED) is 0.683. The Morgan fingerprint density at radius 3 is 2.32 bits per heavy atom. The molecule has 0 unspecified atom stereocenters. The first-order valence-corrected chi connectivity index (χ1v) is 9.53. The first-order chi connectivity index (χ1) is 10.8. The van der Waals surface area contributed by atoms with Crippen LogP contribution in [0.2, 0.25) is 4.34 Å². The van der Waals surface area contributed by atoms with E-state index in [2.05, 4.69) is 35.2 Å². The predicted octanol–water partition coefficient (Wildman–Crippen LogP) is 5.41. The zero-order valence-corrected chi connectivity index (χ0v) is 14.6. The van der Waals surface area contributed by atoms with Gasteiger partial charge in [0.15, 0.2) is 0 Å². The zero-order chi connectivity index (χ0) is 15.2. The highest BCUT2D eigenvalue weighted by Crippen LogP contribution is 2.24. The molecule has 1 fully saturated rings. The molecule has 0 bridgehead atoms. The minimum atomic E-state index is 0.879. The van der Waals surface area contributed by atoms with Crippen LogP contribution in [0.4, 0.5) is 0 Å². The predicted molar refractivity (Wildman–Crippen MR) is 97.2 cm³/mol. The highest BCUT2D eigenvalue weighted by atomic mass is 35.5. The third-order valence-corrected chi connectivity index (χ3v) is 5.65. The minimum Gasteiger partial charge on any atom is -0.303 e. The summed E-state index contributed by atoms with van der Waals surface area (Å²) in [6, 6.07) is 13.2. The Balaban J connectivity index is 1.44. The maximum atomic E-state index is 5.99. The van der Waals surface area contributed by atoms with Crippen molar-refractivity contribution < 1.29 is 0 Å². The Hall–Kier alpha value is -0.830. The Labute approximate surface area is 142 Å². The SMILES string of the molecule is Clc1ccc(Cc2ccc(CCCN3CCCCC3)cc2)s1. The molecular formula is C19H24ClNS. The summed E-state index contributed by atoms with van der Waals surface area (Å²) >= 11 is 7.66. The van der Waals surface area contributed by atoms with E-state index in [0.717, 1.165) is 10.8 Å². The van der Waals surface area contributed by atoms with E-state index < -0.39 is 0 Å². The summed E-state index contributed by atoms with van der Waals surface area (Å²) in [6.45, 7) is 3.88. The van der Waals surface area contributed by atoms with E-state index in [4.69, 9.17) is 11.6 Å². The molecule has 0 radical (unpaired) electrons. The number of benzene rings is 1. The lowest BCUT2D eigenvalue weighted by Crippen LogP contribution is -2.30. The number of halogens is 1. The molecule has 0 N–H and O–H groups in total. The van der Waals surface area contributed by atoms with Gasteiger partial charge in [-0.15, -0.1) is 11.3 Å². The molecule has 118 valence electrons. The van der Waals surface area contributed by atoms with Crippen LogP contribution in [0, 0.1) is 0 Å². The second kappa shape index (κ2) is 8.14. The fourth-order valence-corrected chi connectivity index (χ4v) is 4.28. The number of hydrogen-bond acceptors (Lipinski definition) is 2. The van der Waals surface area contributed by atoms with Crippen LogP contribution in [-0.2, 0) is 12.8 Å². The summed E-state index contributed by atoms with van der Waals surface area (Å²) in [4.78, 5) is 3.96. The van der Waals surface area contributed by atoms with Gasteiger partial charge in [-0.25, -0.2) is 0 Å². The second-order valence-corrected chi connectivity index (χ2v) is 8.00. The average Bonchev–Trinajstić information content (AvgIpc) is 2.95. The smallest absolute Gasteiger partial charge is 0.0931 e. The van der Waals surface area contributed by atoms with E-state index in [-0.39, 0.29) is 0 Å². The van der Waals surface area contributed by atoms with Crippen LogP contribution in [0.5, 0.6) is 0 Å². The van der Waals surface area contributed by atoms with Gasteiger partial charge >= 0.3 is 0 Å². The lowest BCUT2D eigenvalue weighted by Gasteiger charge is -2.26. The number of thiophene rings is 1. The number of hydrogen-bond donors (Lipinski definition) is 0. The molecule has 0 amide bonds. The Morgan fingerprint density at radius 2 is 1.64 bits per heavy atom. The molecule has 3 heteroatoms. The van der Waals surface area contributed by atoms with Gasteiger partial charge in [0.25, 0.3) is 0 Å². The normalized spacial score (nSPS) is 16.0. The molecule has 1 aromatic heterocycles. The highest BCUT2D eigenvalue weighted by Gasteiger charge is 2.09. The summed E-state index contributed by atoms with van der Waals surface area (Å²) in [5, 5.41) is 0. The first-order valence-electron chi connectivity index (χ1n) is 8.34. The molecule has 1 saturated heterocycles. The van der Waals surface area contributed by atoms with Crippen molar-refractivity contribution in [3.05, 3.63) is 56.7 Å². The van der Waals surface area contributed by atoms with Crippen molar-refractivity contribution in [3.8, 4) is 0 Å². The molecule has 3 rings (SSSR count). The van der Waals surface area contributed by atoms with Gasteiger partial charge in [0.1, 0.15) is 0 Å². The molecule has 22 heavy (non-hydrogen) atoms. The Kier molecular flexibility index (Phi) is 5.94. The Morgan fingerprint density at radius 1 is 0.909 bits per heavy atom. The van der Waals surface area contributed by atoms with Gasteiger partial charge in [0, 0.05) is 11.3 Å². The van der Waals surface area contributed by atoms with Crippen LogP contribution in [0.1, 0.15) is 41.7 Å². The molecule has 0 atom stereocenters. The van der Waals surface area contributed by atoms with Gasteiger partial charge in [-0.3, -0.25) is 0 Å². The lowest BCUT2D eigenvalue weighted by molar-refractivity contribution is 0.226. The summed E-state index contributed by atoms with van der Waals surface area (Å²) in [7, 11) is 0. The molecule has 1 nitrogen and oxygen atoms in total. The van der Waals surface area contributed by atoms with Gasteiger partial charge in [0.2, 0.25) is 0 Å². The molecule has 1 aliphatic heterocycles. The van der Waals surface area contributed by atoms with Crippen LogP contribution in [0.3, 0.4) is 0 Å². The van der Waals surface area contributed by atoms with E-state index in [1.54, 1.807) is 11.3 Å². The molecule has 0 aliphatic carbocycles. The third kappa shape index (κ3) is 4.84. The second-order valence-electron chi connectivity index (χ2n) is 6.20. The minimum absolute atomic E-state index is 0.879. The summed E-state index contributed by atoms with van der Waals surface area (Å²) < 4.78 is 0.879. The molecule has 2 heterocycles. The van der Waals surface area contributed by atoms with Crippen molar-refractivity contribution in [3.63, 3.8) is 0 Å². The summed E-state index contributed by atoms with van der Waals surface area (Å²) in [5.74, 6) is 0. The van der Waals surface area contributed by atoms with Crippen molar-refractivity contribution >= 4 is 22.9 Å². The molecule has 2 aromatic rings. The molecular weight excluding hydrogens is 310 g/mol. The summed E-state index contributed by atoms with van der Waals surface area (Å²) in [5.41, 5.74) is 2.84. The van der Waals surface area contributed by atoms with Crippen molar-refractivity contribution in [1.82, 2.24) is 4.90 Å². The van der Waals surface area contributed by atoms with Crippen LogP contribution < -0.4 is 0 Å². The van der Waals surface area contributed by atoms with E-state index in [1.165, 1.54) is 67.7 Å². The number of nitrogens with zero attached hydrogens (tertiary/aromatic N) is 1. The highest BCUT2D eigenvalue weighted by molar-refractivity contribution is 7.16. The fraction of sp³-hybridized carbons (Fsp3) is 0.474. The Bertz CT molecular complexity index is 569. The molecule has 0 spiro atoms. The average molecular weight is 334 g/mol. The number of piperidine rings is 1. The van der Waals surface area contributed by atoms with Crippen molar-refractivity contribution in [2.24, 2.45) is 0 Å². The maximum absolute atomic E-state index is 5.99. The maximum Gasteiger partial charge on any atom is 0.0931 e. The van der Waals surface area contributed by atoms with E-state index in [0.29, 0.717) is 0 Å². The van der Waals surface area contributed by atoms with E-state index in [9.17, 15) is 0 Å². The lowest BCUT2D eigenvalue weighted by atomic mass is 10.0. The number of aryl methyl sites for hydroxylation is 1. The van der Waals surface area contributed by atoms with Crippen molar-refractivity contribution in [1.29, 1.82) is 0 Å². The number of likely N-dealkylation sites (tertiary alicyclic amines) is 1. The standard InChI is InChI=1S/C19H24ClNS/c20-19-11-10-18(22-19)15-17-8-6-16(7-9-17)5-4-14-21-12-2-1-3-13-21/h6-11H,1-5,12-15H2. The van der Waals surface area contributed by atoms with Crippen LogP contribution in [-0.4, -0.2) is 24.5 Å².